The summed E-state index contributed by atoms with van der Waals surface area (Å²) in [6.45, 7) is 1.99. The zero-order valence-electron chi connectivity index (χ0n) is 9.41. The molecule has 0 unspecified atom stereocenters. The summed E-state index contributed by atoms with van der Waals surface area (Å²) in [5.74, 6) is -0.174. The van der Waals surface area contributed by atoms with Crippen molar-refractivity contribution in [3.05, 3.63) is 29.7 Å². The van der Waals surface area contributed by atoms with Gasteiger partial charge in [-0.2, -0.15) is 5.10 Å². The first-order valence-corrected chi connectivity index (χ1v) is 5.90. The van der Waals surface area contributed by atoms with Crippen LogP contribution in [0, 0.1) is 12.7 Å². The molecule has 84 valence electrons. The van der Waals surface area contributed by atoms with Gasteiger partial charge in [-0.25, -0.2) is 4.39 Å². The Morgan fingerprint density at radius 1 is 1.31 bits per heavy atom. The molecule has 0 spiro atoms. The van der Waals surface area contributed by atoms with E-state index >= 15 is 0 Å². The van der Waals surface area contributed by atoms with E-state index in [4.69, 9.17) is 0 Å². The Labute approximate surface area is 94.1 Å². The molecule has 3 rings (SSSR count). The van der Waals surface area contributed by atoms with Gasteiger partial charge in [-0.3, -0.25) is 4.68 Å². The number of rotatable bonds is 1. The van der Waals surface area contributed by atoms with E-state index in [0.29, 0.717) is 6.04 Å². The van der Waals surface area contributed by atoms with Crippen molar-refractivity contribution in [1.29, 1.82) is 0 Å². The molecule has 1 aromatic carbocycles. The third-order valence-electron chi connectivity index (χ3n) is 3.52. The molecule has 0 amide bonds. The van der Waals surface area contributed by atoms with Gasteiger partial charge in [-0.1, -0.05) is 12.8 Å². The molecule has 3 heteroatoms. The van der Waals surface area contributed by atoms with Crippen LogP contribution in [0.4, 0.5) is 4.39 Å². The van der Waals surface area contributed by atoms with Gasteiger partial charge in [0.1, 0.15) is 5.82 Å². The number of halogens is 1. The number of aryl methyl sites for hydroxylation is 1. The van der Waals surface area contributed by atoms with Gasteiger partial charge in [0.25, 0.3) is 0 Å². The number of aromatic nitrogens is 2. The molecule has 2 aromatic rings. The highest BCUT2D eigenvalue weighted by Gasteiger charge is 2.20. The minimum atomic E-state index is -0.174. The predicted molar refractivity (Wildman–Crippen MR) is 61.9 cm³/mol. The van der Waals surface area contributed by atoms with E-state index in [1.807, 2.05) is 17.7 Å². The van der Waals surface area contributed by atoms with E-state index in [2.05, 4.69) is 5.10 Å². The van der Waals surface area contributed by atoms with E-state index in [9.17, 15) is 4.39 Å². The molecule has 1 aromatic heterocycles. The summed E-state index contributed by atoms with van der Waals surface area (Å²) in [5, 5.41) is 5.64. The third kappa shape index (κ3) is 1.42. The highest BCUT2D eigenvalue weighted by atomic mass is 19.1. The molecule has 0 N–H and O–H groups in total. The Balaban J connectivity index is 2.19. The van der Waals surface area contributed by atoms with Gasteiger partial charge in [-0.15, -0.1) is 0 Å². The predicted octanol–water partition coefficient (Wildman–Crippen LogP) is 3.60. The normalized spacial score (nSPS) is 17.4. The molecule has 2 nitrogen and oxygen atoms in total. The molecule has 0 bridgehead atoms. The molecule has 1 heterocycles. The van der Waals surface area contributed by atoms with Crippen molar-refractivity contribution in [2.24, 2.45) is 0 Å². The molecule has 16 heavy (non-hydrogen) atoms. The highest BCUT2D eigenvalue weighted by Crippen LogP contribution is 2.32. The Kier molecular flexibility index (Phi) is 2.20. The molecule has 0 atom stereocenters. The molecule has 1 fully saturated rings. The van der Waals surface area contributed by atoms with Crippen molar-refractivity contribution in [2.45, 2.75) is 38.6 Å². The number of nitrogens with zero attached hydrogens (tertiary/aromatic N) is 2. The lowest BCUT2D eigenvalue weighted by Crippen LogP contribution is -2.06. The topological polar surface area (TPSA) is 17.8 Å². The average Bonchev–Trinajstić information content (AvgIpc) is 2.86. The Hall–Kier alpha value is -1.38. The van der Waals surface area contributed by atoms with Crippen LogP contribution in [0.5, 0.6) is 0 Å². The van der Waals surface area contributed by atoms with Gasteiger partial charge in [0, 0.05) is 5.39 Å². The van der Waals surface area contributed by atoms with Crippen LogP contribution < -0.4 is 0 Å². The summed E-state index contributed by atoms with van der Waals surface area (Å²) >= 11 is 0. The second-order valence-corrected chi connectivity index (χ2v) is 4.63. The standard InChI is InChI=1S/C13H15FN2/c1-9-12-7-6-10(14)8-13(12)16(15-9)11-4-2-3-5-11/h6-8,11H,2-5H2,1H3. The SMILES string of the molecule is Cc1nn(C2CCCC2)c2cc(F)ccc12. The summed E-state index contributed by atoms with van der Waals surface area (Å²) < 4.78 is 15.3. The zero-order chi connectivity index (χ0) is 11.1. The van der Waals surface area contributed by atoms with E-state index in [1.54, 1.807) is 6.07 Å². The number of fused-ring (bicyclic) bond motifs is 1. The molecule has 1 aliphatic rings. The van der Waals surface area contributed by atoms with Crippen LogP contribution in [0.1, 0.15) is 37.4 Å². The van der Waals surface area contributed by atoms with Crippen LogP contribution >= 0.6 is 0 Å². The summed E-state index contributed by atoms with van der Waals surface area (Å²) in [5.41, 5.74) is 1.95. The fourth-order valence-corrected chi connectivity index (χ4v) is 2.70. The van der Waals surface area contributed by atoms with Crippen molar-refractivity contribution in [3.8, 4) is 0 Å². The molecule has 1 aliphatic carbocycles. The van der Waals surface area contributed by atoms with Gasteiger partial charge < -0.3 is 0 Å². The van der Waals surface area contributed by atoms with Crippen LogP contribution in [0.15, 0.2) is 18.2 Å². The maximum atomic E-state index is 13.3. The van der Waals surface area contributed by atoms with Crippen molar-refractivity contribution in [2.75, 3.05) is 0 Å². The van der Waals surface area contributed by atoms with E-state index < -0.39 is 0 Å². The first-order chi connectivity index (χ1) is 7.75. The minimum Gasteiger partial charge on any atom is -0.261 e. The van der Waals surface area contributed by atoms with Gasteiger partial charge >= 0.3 is 0 Å². The first kappa shape index (κ1) is 9.82. The lowest BCUT2D eigenvalue weighted by atomic mass is 10.2. The molecular formula is C13H15FN2. The van der Waals surface area contributed by atoms with E-state index in [1.165, 1.54) is 31.7 Å². The second-order valence-electron chi connectivity index (χ2n) is 4.63. The smallest absolute Gasteiger partial charge is 0.125 e. The second kappa shape index (κ2) is 3.58. The Morgan fingerprint density at radius 2 is 2.06 bits per heavy atom. The lowest BCUT2D eigenvalue weighted by Gasteiger charge is -2.10. The summed E-state index contributed by atoms with van der Waals surface area (Å²) in [4.78, 5) is 0. The minimum absolute atomic E-state index is 0.174. The highest BCUT2D eigenvalue weighted by molar-refractivity contribution is 5.81. The third-order valence-corrected chi connectivity index (χ3v) is 3.52. The average molecular weight is 218 g/mol. The van der Waals surface area contributed by atoms with Crippen LogP contribution in [0.3, 0.4) is 0 Å². The van der Waals surface area contributed by atoms with E-state index in [-0.39, 0.29) is 5.82 Å². The van der Waals surface area contributed by atoms with Crippen LogP contribution in [-0.4, -0.2) is 9.78 Å². The fourth-order valence-electron chi connectivity index (χ4n) is 2.70. The monoisotopic (exact) mass is 218 g/mol. The molecular weight excluding hydrogens is 203 g/mol. The van der Waals surface area contributed by atoms with Crippen molar-refractivity contribution < 1.29 is 4.39 Å². The Bertz CT molecular complexity index is 524. The number of hydrogen-bond acceptors (Lipinski definition) is 1. The molecule has 0 aliphatic heterocycles. The van der Waals surface area contributed by atoms with Crippen molar-refractivity contribution in [3.63, 3.8) is 0 Å². The summed E-state index contributed by atoms with van der Waals surface area (Å²) in [6.07, 6.45) is 4.88. The van der Waals surface area contributed by atoms with Gasteiger partial charge in [0.15, 0.2) is 0 Å². The summed E-state index contributed by atoms with van der Waals surface area (Å²) in [7, 11) is 0. The first-order valence-electron chi connectivity index (χ1n) is 5.90. The Morgan fingerprint density at radius 3 is 2.81 bits per heavy atom. The van der Waals surface area contributed by atoms with Gasteiger partial charge in [-0.05, 0) is 38.0 Å². The number of benzene rings is 1. The van der Waals surface area contributed by atoms with Crippen molar-refractivity contribution >= 4 is 10.9 Å². The maximum Gasteiger partial charge on any atom is 0.125 e. The van der Waals surface area contributed by atoms with E-state index in [0.717, 1.165) is 16.6 Å². The lowest BCUT2D eigenvalue weighted by molar-refractivity contribution is 0.478. The van der Waals surface area contributed by atoms with Gasteiger partial charge in [0.05, 0.1) is 17.3 Å². The largest absolute Gasteiger partial charge is 0.261 e. The quantitative estimate of drug-likeness (QED) is 0.715. The van der Waals surface area contributed by atoms with Crippen molar-refractivity contribution in [1.82, 2.24) is 9.78 Å². The van der Waals surface area contributed by atoms with Crippen LogP contribution in [-0.2, 0) is 0 Å². The van der Waals surface area contributed by atoms with Crippen LogP contribution in [0.25, 0.3) is 10.9 Å². The number of hydrogen-bond donors (Lipinski definition) is 0. The van der Waals surface area contributed by atoms with Gasteiger partial charge in [0.2, 0.25) is 0 Å². The zero-order valence-corrected chi connectivity index (χ0v) is 9.41. The fraction of sp³-hybridized carbons (Fsp3) is 0.462. The summed E-state index contributed by atoms with van der Waals surface area (Å²) in [6, 6.07) is 5.42. The maximum absolute atomic E-state index is 13.3. The molecule has 1 saturated carbocycles. The molecule has 0 radical (unpaired) electrons. The van der Waals surface area contributed by atoms with Crippen LogP contribution in [0.2, 0.25) is 0 Å². The molecule has 0 saturated heterocycles.